The van der Waals surface area contributed by atoms with Crippen molar-refractivity contribution in [3.63, 3.8) is 0 Å². The summed E-state index contributed by atoms with van der Waals surface area (Å²) in [5.41, 5.74) is -16.7. The van der Waals surface area contributed by atoms with Crippen LogP contribution in [-0.4, -0.2) is 12.4 Å². The first-order valence-corrected chi connectivity index (χ1v) is 10.4. The Morgan fingerprint density at radius 2 is 0.886 bits per heavy atom. The number of fused-ring (bicyclic) bond motifs is 6. The number of hydrogen-bond donors (Lipinski definition) is 2. The molecule has 0 aromatic heterocycles. The van der Waals surface area contributed by atoms with Gasteiger partial charge in [0.15, 0.2) is 0 Å². The number of benzene rings is 2. The number of rotatable bonds is 0. The monoisotopic (exact) mass is 652 g/mol. The van der Waals surface area contributed by atoms with Gasteiger partial charge in [0.2, 0.25) is 0 Å². The van der Waals surface area contributed by atoms with E-state index in [-0.39, 0.29) is 24.3 Å². The van der Waals surface area contributed by atoms with E-state index < -0.39 is 78.7 Å². The molecule has 0 amide bonds. The quantitative estimate of drug-likeness (QED) is 0.281. The van der Waals surface area contributed by atoms with Crippen molar-refractivity contribution in [3.05, 3.63) is 55.5 Å². The summed E-state index contributed by atoms with van der Waals surface area (Å²) in [4.78, 5) is 0. The molecule has 0 saturated heterocycles. The van der Waals surface area contributed by atoms with Gasteiger partial charge in [0.25, 0.3) is 11.4 Å². The van der Waals surface area contributed by atoms with E-state index in [0.717, 1.165) is 0 Å². The van der Waals surface area contributed by atoms with Crippen molar-refractivity contribution in [2.45, 2.75) is 36.2 Å². The van der Waals surface area contributed by atoms with Gasteiger partial charge in [-0.15, -0.1) is 0 Å². The summed E-state index contributed by atoms with van der Waals surface area (Å²) >= 11 is 5.03. The van der Waals surface area contributed by atoms with Crippen LogP contribution < -0.4 is 10.6 Å². The van der Waals surface area contributed by atoms with Gasteiger partial charge < -0.3 is 15.4 Å². The van der Waals surface area contributed by atoms with Crippen LogP contribution in [0.5, 0.6) is 0 Å². The number of halogens is 14. The van der Waals surface area contributed by atoms with Crippen molar-refractivity contribution in [2.24, 2.45) is 0 Å². The highest BCUT2D eigenvalue weighted by Crippen LogP contribution is 2.64. The summed E-state index contributed by atoms with van der Waals surface area (Å²) in [5.74, 6) is 0. The van der Waals surface area contributed by atoms with E-state index in [1.807, 2.05) is 0 Å². The van der Waals surface area contributed by atoms with E-state index in [1.165, 1.54) is 0 Å². The van der Waals surface area contributed by atoms with Crippen LogP contribution in [0.15, 0.2) is 33.2 Å². The van der Waals surface area contributed by atoms with E-state index >= 15 is 0 Å². The number of hydrogen-bond acceptors (Lipinski definition) is 3. The highest BCUT2D eigenvalue weighted by Gasteiger charge is 2.75. The van der Waals surface area contributed by atoms with Crippen LogP contribution in [0.1, 0.15) is 22.3 Å². The van der Waals surface area contributed by atoms with Gasteiger partial charge in [0.05, 0.1) is 22.3 Å². The summed E-state index contributed by atoms with van der Waals surface area (Å²) in [6.07, 6.45) is -22.0. The normalized spacial score (nSPS) is 24.3. The molecule has 0 fully saturated rings. The van der Waals surface area contributed by atoms with Crippen LogP contribution in [0.25, 0.3) is 0 Å². The van der Waals surface area contributed by atoms with Crippen molar-refractivity contribution in [1.29, 1.82) is 0 Å². The Labute approximate surface area is 203 Å². The SMILES string of the molecule is FC(F)(F)c1cc(Br)c2c(c1)NC1(C(F)(F)F)OC2(C(F)(F)F)Nc2cc(C(F)(F)F)cc(Br)c21. The van der Waals surface area contributed by atoms with Crippen molar-refractivity contribution < 1.29 is 57.4 Å². The lowest BCUT2D eigenvalue weighted by molar-refractivity contribution is -0.369. The summed E-state index contributed by atoms with van der Waals surface area (Å²) in [6.45, 7) is 0. The molecule has 192 valence electrons. The van der Waals surface area contributed by atoms with Crippen molar-refractivity contribution >= 4 is 43.2 Å². The maximum Gasteiger partial charge on any atom is 0.441 e. The molecule has 2 aliphatic rings. The van der Waals surface area contributed by atoms with Gasteiger partial charge in [-0.2, -0.15) is 52.7 Å². The molecular weight excluding hydrogens is 648 g/mol. The molecular formula is C18H6Br2F12N2O. The fourth-order valence-electron chi connectivity index (χ4n) is 3.88. The van der Waals surface area contributed by atoms with Crippen LogP contribution in [-0.2, 0) is 28.5 Å². The third-order valence-corrected chi connectivity index (χ3v) is 6.52. The molecule has 2 N–H and O–H groups in total. The second-order valence-electron chi connectivity index (χ2n) is 7.47. The molecule has 2 aliphatic heterocycles. The highest BCUT2D eigenvalue weighted by atomic mass is 79.9. The molecule has 2 atom stereocenters. The largest absolute Gasteiger partial charge is 0.441 e. The third-order valence-electron chi connectivity index (χ3n) is 5.27. The Balaban J connectivity index is 2.15. The van der Waals surface area contributed by atoms with E-state index in [2.05, 4.69) is 36.6 Å². The predicted octanol–water partition coefficient (Wildman–Crippen LogP) is 8.25. The molecule has 3 nitrogen and oxygen atoms in total. The predicted molar refractivity (Wildman–Crippen MR) is 102 cm³/mol. The second-order valence-corrected chi connectivity index (χ2v) is 9.18. The zero-order chi connectivity index (χ0) is 26.6. The fraction of sp³-hybridized carbons (Fsp3) is 0.333. The van der Waals surface area contributed by atoms with Gasteiger partial charge >= 0.3 is 24.7 Å². The van der Waals surface area contributed by atoms with Gasteiger partial charge in [-0.05, 0) is 24.3 Å². The van der Waals surface area contributed by atoms with Crippen LogP contribution >= 0.6 is 31.9 Å². The van der Waals surface area contributed by atoms with Gasteiger partial charge in [0, 0.05) is 20.3 Å². The number of alkyl halides is 12. The minimum Gasteiger partial charge on any atom is -0.346 e. The van der Waals surface area contributed by atoms with Crippen LogP contribution in [0.3, 0.4) is 0 Å². The van der Waals surface area contributed by atoms with Crippen molar-refractivity contribution in [3.8, 4) is 0 Å². The van der Waals surface area contributed by atoms with Crippen molar-refractivity contribution in [2.75, 3.05) is 10.6 Å². The van der Waals surface area contributed by atoms with Gasteiger partial charge in [-0.25, -0.2) is 0 Å². The average molecular weight is 654 g/mol. The molecule has 0 aliphatic carbocycles. The number of anilines is 2. The first-order chi connectivity index (χ1) is 15.6. The molecule has 2 heterocycles. The summed E-state index contributed by atoms with van der Waals surface area (Å²) in [5, 5.41) is 3.12. The average Bonchev–Trinajstić information content (AvgIpc) is 2.63. The van der Waals surface area contributed by atoms with E-state index in [9.17, 15) is 52.7 Å². The van der Waals surface area contributed by atoms with Crippen LogP contribution in [0.2, 0.25) is 0 Å². The first kappa shape index (κ1) is 26.2. The van der Waals surface area contributed by atoms with E-state index in [1.54, 1.807) is 10.6 Å². The zero-order valence-corrected chi connectivity index (χ0v) is 19.2. The van der Waals surface area contributed by atoms with Crippen molar-refractivity contribution in [1.82, 2.24) is 0 Å². The fourth-order valence-corrected chi connectivity index (χ4v) is 5.36. The molecule has 0 radical (unpaired) electrons. The minimum absolute atomic E-state index is 0.0221. The molecule has 2 unspecified atom stereocenters. The molecule has 17 heteroatoms. The lowest BCUT2D eigenvalue weighted by Crippen LogP contribution is -2.68. The molecule has 2 aromatic rings. The summed E-state index contributed by atoms with van der Waals surface area (Å²) in [6, 6.07) is 0.400. The molecule has 0 spiro atoms. The van der Waals surface area contributed by atoms with E-state index in [4.69, 9.17) is 0 Å². The molecule has 2 bridgehead atoms. The maximum absolute atomic E-state index is 14.4. The second kappa shape index (κ2) is 7.34. The Hall–Kier alpha value is -1.88. The Kier molecular flexibility index (Phi) is 5.49. The topological polar surface area (TPSA) is 33.3 Å². The maximum atomic E-state index is 14.4. The van der Waals surface area contributed by atoms with Crippen LogP contribution in [0, 0.1) is 0 Å². The standard InChI is InChI=1S/C18H6Br2F12N2O/c19-7-1-5(15(21,22)23)3-9-11(7)13(17(27,28)29)34-10-4-6(16(24,25)26)2-8(20)12(10)14(33-9,35-13)18(30,31)32/h1-4,33-34H. The van der Waals surface area contributed by atoms with Crippen LogP contribution in [0.4, 0.5) is 64.1 Å². The lowest BCUT2D eigenvalue weighted by atomic mass is 9.85. The molecule has 4 rings (SSSR count). The van der Waals surface area contributed by atoms with Gasteiger partial charge in [0.1, 0.15) is 0 Å². The number of ether oxygens (including phenoxy) is 1. The smallest absolute Gasteiger partial charge is 0.346 e. The zero-order valence-electron chi connectivity index (χ0n) is 16.0. The molecule has 35 heavy (non-hydrogen) atoms. The van der Waals surface area contributed by atoms with Gasteiger partial charge in [-0.1, -0.05) is 31.9 Å². The lowest BCUT2D eigenvalue weighted by Gasteiger charge is -2.55. The Bertz CT molecular complexity index is 1130. The summed E-state index contributed by atoms with van der Waals surface area (Å²) < 4.78 is 169. The molecule has 2 aromatic carbocycles. The van der Waals surface area contributed by atoms with E-state index in [0.29, 0.717) is 0 Å². The third kappa shape index (κ3) is 3.75. The number of nitrogens with one attached hydrogen (secondary N) is 2. The minimum atomic E-state index is -5.82. The summed E-state index contributed by atoms with van der Waals surface area (Å²) in [7, 11) is 0. The van der Waals surface area contributed by atoms with Gasteiger partial charge in [-0.3, -0.25) is 0 Å². The Morgan fingerprint density at radius 1 is 0.571 bits per heavy atom. The Morgan fingerprint density at radius 3 is 1.14 bits per heavy atom. The first-order valence-electron chi connectivity index (χ1n) is 8.86. The highest BCUT2D eigenvalue weighted by molar-refractivity contribution is 9.10. The molecule has 0 saturated carbocycles.